The first-order chi connectivity index (χ1) is 12.2. The van der Waals surface area contributed by atoms with Gasteiger partial charge in [0.1, 0.15) is 5.65 Å². The van der Waals surface area contributed by atoms with Crippen LogP contribution in [-0.4, -0.2) is 27.6 Å². The number of rotatable bonds is 7. The third kappa shape index (κ3) is 3.50. The molecular weight excluding hydrogens is 314 g/mol. The second-order valence-electron chi connectivity index (χ2n) is 6.68. The Bertz CT molecular complexity index is 921. The number of fused-ring (bicyclic) bond motifs is 1. The topological polar surface area (TPSA) is 88.7 Å². The molecule has 6 heteroatoms. The average Bonchev–Trinajstić information content (AvgIpc) is 3.39. The predicted octanol–water partition coefficient (Wildman–Crippen LogP) is 2.03. The molecule has 1 saturated carbocycles. The Morgan fingerprint density at radius 2 is 2.08 bits per heavy atom. The molecule has 1 aliphatic rings. The summed E-state index contributed by atoms with van der Waals surface area (Å²) in [6.07, 6.45) is 5.29. The van der Waals surface area contributed by atoms with Crippen LogP contribution in [-0.2, 0) is 6.54 Å². The van der Waals surface area contributed by atoms with E-state index in [1.54, 1.807) is 4.57 Å². The first kappa shape index (κ1) is 16.1. The number of benzene rings is 1. The van der Waals surface area contributed by atoms with Crippen molar-refractivity contribution < 1.29 is 0 Å². The van der Waals surface area contributed by atoms with Gasteiger partial charge >= 0.3 is 5.69 Å². The number of aromatic nitrogens is 3. The molecule has 4 N–H and O–H groups in total. The van der Waals surface area contributed by atoms with Gasteiger partial charge in [0.15, 0.2) is 0 Å². The molecule has 0 saturated heterocycles. The normalized spacial score (nSPS) is 14.3. The van der Waals surface area contributed by atoms with Crippen LogP contribution in [0.3, 0.4) is 0 Å². The Hall–Kier alpha value is -2.44. The molecule has 1 aliphatic carbocycles. The Balaban J connectivity index is 1.56. The molecule has 0 atom stereocenters. The van der Waals surface area contributed by atoms with Crippen LogP contribution >= 0.6 is 0 Å². The number of hydrogen-bond donors (Lipinski definition) is 3. The summed E-state index contributed by atoms with van der Waals surface area (Å²) < 4.78 is 1.61. The van der Waals surface area contributed by atoms with Crippen molar-refractivity contribution in [3.05, 3.63) is 58.3 Å². The molecule has 25 heavy (non-hydrogen) atoms. The summed E-state index contributed by atoms with van der Waals surface area (Å²) in [5, 5.41) is 4.33. The van der Waals surface area contributed by atoms with Gasteiger partial charge in [0.05, 0.1) is 5.69 Å². The summed E-state index contributed by atoms with van der Waals surface area (Å²) in [6.45, 7) is 2.41. The number of nitrogens with zero attached hydrogens (tertiary/aromatic N) is 2. The van der Waals surface area contributed by atoms with Gasteiger partial charge in [0.2, 0.25) is 0 Å². The number of nitrogens with two attached hydrogens (primary N) is 1. The molecule has 0 amide bonds. The minimum absolute atomic E-state index is 0.259. The van der Waals surface area contributed by atoms with E-state index in [0.29, 0.717) is 18.1 Å². The third-order valence-electron chi connectivity index (χ3n) is 4.65. The lowest BCUT2D eigenvalue weighted by atomic mass is 10.2. The Morgan fingerprint density at radius 3 is 2.80 bits per heavy atom. The van der Waals surface area contributed by atoms with Gasteiger partial charge in [-0.25, -0.2) is 4.79 Å². The van der Waals surface area contributed by atoms with Gasteiger partial charge < -0.3 is 16.0 Å². The fourth-order valence-corrected chi connectivity index (χ4v) is 3.05. The highest BCUT2D eigenvalue weighted by Crippen LogP contribution is 2.40. The molecule has 1 fully saturated rings. The Morgan fingerprint density at radius 1 is 1.28 bits per heavy atom. The van der Waals surface area contributed by atoms with Crippen molar-refractivity contribution in [1.82, 2.24) is 19.9 Å². The number of H-pyrrole nitrogens is 1. The van der Waals surface area contributed by atoms with E-state index < -0.39 is 0 Å². The van der Waals surface area contributed by atoms with E-state index in [0.717, 1.165) is 30.6 Å². The first-order valence-corrected chi connectivity index (χ1v) is 8.87. The monoisotopic (exact) mass is 337 g/mol. The van der Waals surface area contributed by atoms with Gasteiger partial charge in [-0.15, -0.1) is 0 Å². The van der Waals surface area contributed by atoms with Crippen molar-refractivity contribution in [2.75, 3.05) is 13.1 Å². The summed E-state index contributed by atoms with van der Waals surface area (Å²) >= 11 is 0. The van der Waals surface area contributed by atoms with Gasteiger partial charge in [-0.2, -0.15) is 4.98 Å². The summed E-state index contributed by atoms with van der Waals surface area (Å²) in [6, 6.07) is 10.1. The molecule has 6 nitrogen and oxygen atoms in total. The maximum Gasteiger partial charge on any atom is 0.354 e. The van der Waals surface area contributed by atoms with Crippen LogP contribution in [0.1, 0.15) is 36.4 Å². The lowest BCUT2D eigenvalue weighted by Crippen LogP contribution is -2.20. The van der Waals surface area contributed by atoms with Crippen LogP contribution in [0.15, 0.2) is 41.3 Å². The van der Waals surface area contributed by atoms with Crippen LogP contribution in [0.5, 0.6) is 0 Å². The quantitative estimate of drug-likeness (QED) is 0.576. The fraction of sp³-hybridized carbons (Fsp3) is 0.368. The van der Waals surface area contributed by atoms with Crippen LogP contribution in [0, 0.1) is 0 Å². The van der Waals surface area contributed by atoms with Crippen molar-refractivity contribution in [1.29, 1.82) is 0 Å². The number of hydrogen-bond acceptors (Lipinski definition) is 4. The van der Waals surface area contributed by atoms with E-state index in [4.69, 9.17) is 5.73 Å². The van der Waals surface area contributed by atoms with E-state index >= 15 is 0 Å². The zero-order valence-electron chi connectivity index (χ0n) is 14.2. The smallest absolute Gasteiger partial charge is 0.343 e. The molecule has 0 aliphatic heterocycles. The van der Waals surface area contributed by atoms with Gasteiger partial charge in [0, 0.05) is 23.8 Å². The zero-order valence-corrected chi connectivity index (χ0v) is 14.2. The summed E-state index contributed by atoms with van der Waals surface area (Å²) in [5.74, 6) is 0.615. The van der Waals surface area contributed by atoms with Crippen molar-refractivity contribution in [2.24, 2.45) is 5.73 Å². The van der Waals surface area contributed by atoms with E-state index in [-0.39, 0.29) is 5.69 Å². The Kier molecular flexibility index (Phi) is 4.38. The Labute approximate surface area is 146 Å². The molecule has 1 aromatic carbocycles. The van der Waals surface area contributed by atoms with E-state index in [1.807, 2.05) is 30.5 Å². The molecule has 4 rings (SSSR count). The maximum absolute atomic E-state index is 12.4. The SMILES string of the molecule is NCCCNCc1ccc(-n2cc3cc(C4CC4)[nH]c3nc2=O)cc1. The van der Waals surface area contributed by atoms with E-state index in [2.05, 4.69) is 21.4 Å². The lowest BCUT2D eigenvalue weighted by molar-refractivity contribution is 0.655. The van der Waals surface area contributed by atoms with Crippen LogP contribution in [0.25, 0.3) is 16.7 Å². The molecule has 0 radical (unpaired) electrons. The molecule has 3 aromatic rings. The molecule has 0 spiro atoms. The maximum atomic E-state index is 12.4. The summed E-state index contributed by atoms with van der Waals surface area (Å²) in [5.41, 5.74) is 9.12. The molecule has 2 aromatic heterocycles. The zero-order chi connectivity index (χ0) is 17.2. The average molecular weight is 337 g/mol. The third-order valence-corrected chi connectivity index (χ3v) is 4.65. The van der Waals surface area contributed by atoms with Crippen molar-refractivity contribution in [3.8, 4) is 5.69 Å². The van der Waals surface area contributed by atoms with Crippen LogP contribution in [0.2, 0.25) is 0 Å². The number of nitrogens with one attached hydrogen (secondary N) is 2. The lowest BCUT2D eigenvalue weighted by Gasteiger charge is -2.07. The minimum Gasteiger partial charge on any atom is -0.343 e. The molecule has 0 unspecified atom stereocenters. The second-order valence-corrected chi connectivity index (χ2v) is 6.68. The van der Waals surface area contributed by atoms with Gasteiger partial charge in [-0.1, -0.05) is 12.1 Å². The predicted molar refractivity (Wildman–Crippen MR) is 99.0 cm³/mol. The van der Waals surface area contributed by atoms with Gasteiger partial charge in [-0.3, -0.25) is 4.57 Å². The minimum atomic E-state index is -0.259. The summed E-state index contributed by atoms with van der Waals surface area (Å²) in [4.78, 5) is 19.8. The highest BCUT2D eigenvalue weighted by molar-refractivity contribution is 5.76. The van der Waals surface area contributed by atoms with Crippen molar-refractivity contribution in [3.63, 3.8) is 0 Å². The van der Waals surface area contributed by atoms with Gasteiger partial charge in [-0.05, 0) is 62.0 Å². The largest absolute Gasteiger partial charge is 0.354 e. The van der Waals surface area contributed by atoms with Crippen LogP contribution in [0.4, 0.5) is 0 Å². The van der Waals surface area contributed by atoms with Crippen LogP contribution < -0.4 is 16.7 Å². The highest BCUT2D eigenvalue weighted by atomic mass is 16.1. The highest BCUT2D eigenvalue weighted by Gasteiger charge is 2.25. The standard InChI is InChI=1S/C19H23N5O/c20-8-1-9-21-11-13-2-6-16(7-3-13)24-12-15-10-17(14-4-5-14)22-18(15)23-19(24)25/h2-3,6-7,10,12,14,21H,1,4-5,8-9,11,20H2,(H,22,23,25). The molecular formula is C19H23N5O. The molecule has 0 bridgehead atoms. The van der Waals surface area contributed by atoms with E-state index in [9.17, 15) is 4.79 Å². The second kappa shape index (κ2) is 6.82. The fourth-order valence-electron chi connectivity index (χ4n) is 3.05. The first-order valence-electron chi connectivity index (χ1n) is 8.87. The van der Waals surface area contributed by atoms with E-state index in [1.165, 1.54) is 24.1 Å². The summed E-state index contributed by atoms with van der Waals surface area (Å²) in [7, 11) is 0. The van der Waals surface area contributed by atoms with Crippen molar-refractivity contribution >= 4 is 11.0 Å². The van der Waals surface area contributed by atoms with Gasteiger partial charge in [0.25, 0.3) is 0 Å². The molecule has 130 valence electrons. The van der Waals surface area contributed by atoms with Crippen molar-refractivity contribution in [2.45, 2.75) is 31.7 Å². The number of aromatic amines is 1. The molecule has 2 heterocycles.